The molecule has 2 aromatic carbocycles. The van der Waals surface area contributed by atoms with E-state index >= 15 is 0 Å². The van der Waals surface area contributed by atoms with E-state index in [0.29, 0.717) is 12.1 Å². The molecule has 0 bridgehead atoms. The van der Waals surface area contributed by atoms with Crippen LogP contribution in [-0.4, -0.2) is 0 Å². The summed E-state index contributed by atoms with van der Waals surface area (Å²) in [5.74, 6) is 0. The lowest BCUT2D eigenvalue weighted by atomic mass is 10.1. The molecule has 2 aromatic rings. The fourth-order valence-corrected chi connectivity index (χ4v) is 2.44. The molecular weight excluding hydrogens is 442 g/mol. The average Bonchev–Trinajstić information content (AvgIpc) is 2.37. The van der Waals surface area contributed by atoms with Crippen molar-refractivity contribution in [1.82, 2.24) is 0 Å². The van der Waals surface area contributed by atoms with Crippen LogP contribution in [0.5, 0.6) is 0 Å². The largest absolute Gasteiger partial charge is 0.416 e. The smallest absolute Gasteiger partial charge is 0.166 e. The van der Waals surface area contributed by atoms with Crippen LogP contribution in [0.2, 0.25) is 0 Å². The maximum absolute atomic E-state index is 12.0. The average molecular weight is 450 g/mol. The second kappa shape index (κ2) is 7.50. The highest BCUT2D eigenvalue weighted by Crippen LogP contribution is 2.34. The molecule has 0 radical (unpaired) electrons. The van der Waals surface area contributed by atoms with Crippen LogP contribution in [0.25, 0.3) is 0 Å². The quantitative estimate of drug-likeness (QED) is 0.382. The molecule has 0 heterocycles. The van der Waals surface area contributed by atoms with Gasteiger partial charge in [0.2, 0.25) is 0 Å². The van der Waals surface area contributed by atoms with E-state index in [1.165, 1.54) is 0 Å². The van der Waals surface area contributed by atoms with E-state index in [4.69, 9.17) is 0 Å². The molecule has 0 nitrogen and oxygen atoms in total. The van der Waals surface area contributed by atoms with Crippen molar-refractivity contribution < 1.29 is 26.3 Å². The van der Waals surface area contributed by atoms with Crippen molar-refractivity contribution in [2.75, 3.05) is 0 Å². The number of rotatable bonds is 0. The fraction of sp³-hybridized carbons (Fsp3) is 0.143. The summed E-state index contributed by atoms with van der Waals surface area (Å²) in [5.41, 5.74) is -2.60. The van der Waals surface area contributed by atoms with E-state index in [2.05, 4.69) is 31.9 Å². The summed E-state index contributed by atoms with van der Waals surface area (Å²) in [6.45, 7) is 0. The maximum atomic E-state index is 12.0. The Morgan fingerprint density at radius 1 is 0.591 bits per heavy atom. The first-order valence-corrected chi connectivity index (χ1v) is 7.24. The molecule has 0 saturated carbocycles. The lowest BCUT2D eigenvalue weighted by Gasteiger charge is -2.10. The first kappa shape index (κ1) is 19.0. The minimum absolute atomic E-state index is 0.0833. The molecule has 120 valence electrons. The Hall–Kier alpha value is -1.02. The molecule has 0 saturated heterocycles. The van der Waals surface area contributed by atoms with E-state index in [1.54, 1.807) is 0 Å². The van der Waals surface area contributed by atoms with Crippen LogP contribution < -0.4 is 0 Å². The number of alkyl halides is 6. The Balaban J connectivity index is 0.000000255. The van der Waals surface area contributed by atoms with Crippen molar-refractivity contribution in [3.8, 4) is 0 Å². The molecule has 0 aliphatic rings. The molecule has 0 unspecified atom stereocenters. The molecule has 0 atom stereocenters. The van der Waals surface area contributed by atoms with Gasteiger partial charge in [-0.3, -0.25) is 0 Å². The van der Waals surface area contributed by atoms with Gasteiger partial charge < -0.3 is 0 Å². The molecule has 0 amide bonds. The summed E-state index contributed by atoms with van der Waals surface area (Å²) in [7, 11) is 0. The topological polar surface area (TPSA) is 0 Å². The van der Waals surface area contributed by atoms with Crippen molar-refractivity contribution in [2.24, 2.45) is 0 Å². The maximum Gasteiger partial charge on any atom is 0.416 e. The SMILES string of the molecule is Brc1cccc(Br)c1.FC(F)(F)c1cccc(C(F)(F)F)c1. The summed E-state index contributed by atoms with van der Waals surface area (Å²) >= 11 is 6.66. The monoisotopic (exact) mass is 448 g/mol. The summed E-state index contributed by atoms with van der Waals surface area (Å²) < 4.78 is 74.1. The van der Waals surface area contributed by atoms with Crippen LogP contribution in [0.3, 0.4) is 0 Å². The zero-order chi connectivity index (χ0) is 17.0. The molecule has 22 heavy (non-hydrogen) atoms. The van der Waals surface area contributed by atoms with E-state index in [-0.39, 0.29) is 6.07 Å². The summed E-state index contributed by atoms with van der Waals surface area (Å²) in [6.07, 6.45) is -9.50. The zero-order valence-electron chi connectivity index (χ0n) is 10.6. The van der Waals surface area contributed by atoms with Gasteiger partial charge in [0.1, 0.15) is 0 Å². The Morgan fingerprint density at radius 3 is 1.23 bits per heavy atom. The molecule has 0 aliphatic carbocycles. The van der Waals surface area contributed by atoms with Crippen molar-refractivity contribution in [1.29, 1.82) is 0 Å². The van der Waals surface area contributed by atoms with Gasteiger partial charge in [-0.2, -0.15) is 26.3 Å². The lowest BCUT2D eigenvalue weighted by molar-refractivity contribution is -0.143. The Kier molecular flexibility index (Phi) is 6.49. The molecular formula is C14H8Br2F6. The van der Waals surface area contributed by atoms with E-state index in [1.807, 2.05) is 24.3 Å². The molecule has 2 rings (SSSR count). The summed E-state index contributed by atoms with van der Waals surface area (Å²) in [5, 5.41) is 0. The van der Waals surface area contributed by atoms with Gasteiger partial charge >= 0.3 is 12.4 Å². The third-order valence-corrected chi connectivity index (χ3v) is 3.29. The van der Waals surface area contributed by atoms with Crippen molar-refractivity contribution >= 4 is 31.9 Å². The van der Waals surface area contributed by atoms with Gasteiger partial charge in [0.15, 0.2) is 0 Å². The first-order chi connectivity index (χ1) is 10.00. The Labute approximate surface area is 139 Å². The van der Waals surface area contributed by atoms with Gasteiger partial charge in [-0.15, -0.1) is 0 Å². The lowest BCUT2D eigenvalue weighted by Crippen LogP contribution is -2.09. The Bertz CT molecular complexity index is 573. The van der Waals surface area contributed by atoms with E-state index in [0.717, 1.165) is 15.0 Å². The van der Waals surface area contributed by atoms with E-state index in [9.17, 15) is 26.3 Å². The molecule has 0 N–H and O–H groups in total. The molecule has 8 heteroatoms. The highest BCUT2D eigenvalue weighted by Gasteiger charge is 2.35. The van der Waals surface area contributed by atoms with Crippen LogP contribution in [0.4, 0.5) is 26.3 Å². The standard InChI is InChI=1S/C8H4F6.C6H4Br2/c9-7(10,11)5-2-1-3-6(4-5)8(12,13)14;7-5-2-1-3-6(8)4-5/h1-4H;1-4H. The van der Waals surface area contributed by atoms with Crippen LogP contribution in [0.1, 0.15) is 11.1 Å². The van der Waals surface area contributed by atoms with Crippen molar-refractivity contribution in [3.05, 3.63) is 68.6 Å². The minimum Gasteiger partial charge on any atom is -0.166 e. The molecule has 0 aliphatic heterocycles. The van der Waals surface area contributed by atoms with Crippen LogP contribution in [0, 0.1) is 0 Å². The number of hydrogen-bond acceptors (Lipinski definition) is 0. The summed E-state index contributed by atoms with van der Waals surface area (Å²) in [6, 6.07) is 9.96. The summed E-state index contributed by atoms with van der Waals surface area (Å²) in [4.78, 5) is 0. The first-order valence-electron chi connectivity index (χ1n) is 5.65. The predicted molar refractivity (Wildman–Crippen MR) is 78.3 cm³/mol. The predicted octanol–water partition coefficient (Wildman–Crippen LogP) is 6.94. The van der Waals surface area contributed by atoms with E-state index < -0.39 is 23.5 Å². The fourth-order valence-electron chi connectivity index (χ4n) is 1.33. The highest BCUT2D eigenvalue weighted by molar-refractivity contribution is 9.11. The van der Waals surface area contributed by atoms with Gasteiger partial charge in [-0.05, 0) is 36.4 Å². The van der Waals surface area contributed by atoms with Crippen LogP contribution >= 0.6 is 31.9 Å². The second-order valence-corrected chi connectivity index (χ2v) is 5.85. The van der Waals surface area contributed by atoms with Gasteiger partial charge in [0.25, 0.3) is 0 Å². The molecule has 0 fully saturated rings. The van der Waals surface area contributed by atoms with Gasteiger partial charge in [0.05, 0.1) is 11.1 Å². The van der Waals surface area contributed by atoms with Crippen molar-refractivity contribution in [3.63, 3.8) is 0 Å². The second-order valence-electron chi connectivity index (χ2n) is 4.02. The third kappa shape index (κ3) is 6.39. The number of hydrogen-bond donors (Lipinski definition) is 0. The normalized spacial score (nSPS) is 11.6. The molecule has 0 aromatic heterocycles. The van der Waals surface area contributed by atoms with Crippen LogP contribution in [0.15, 0.2) is 57.5 Å². The van der Waals surface area contributed by atoms with Crippen molar-refractivity contribution in [2.45, 2.75) is 12.4 Å². The van der Waals surface area contributed by atoms with Gasteiger partial charge in [0, 0.05) is 8.95 Å². The Morgan fingerprint density at radius 2 is 0.955 bits per heavy atom. The van der Waals surface area contributed by atoms with Gasteiger partial charge in [-0.1, -0.05) is 44.0 Å². The minimum atomic E-state index is -4.75. The highest BCUT2D eigenvalue weighted by atomic mass is 79.9. The van der Waals surface area contributed by atoms with Crippen LogP contribution in [-0.2, 0) is 12.4 Å². The molecule has 0 spiro atoms. The third-order valence-electron chi connectivity index (χ3n) is 2.30. The number of halogens is 8. The van der Waals surface area contributed by atoms with Gasteiger partial charge in [-0.25, -0.2) is 0 Å². The zero-order valence-corrected chi connectivity index (χ0v) is 13.8. The number of benzene rings is 2.